The summed E-state index contributed by atoms with van der Waals surface area (Å²) < 4.78 is 0. The molecular formula is C23H26N2. The smallest absolute Gasteiger partial charge is 0.0991 e. The molecule has 0 unspecified atom stereocenters. The van der Waals surface area contributed by atoms with E-state index in [0.29, 0.717) is 5.56 Å². The van der Waals surface area contributed by atoms with Crippen LogP contribution in [0.4, 0.5) is 0 Å². The van der Waals surface area contributed by atoms with Crippen molar-refractivity contribution in [2.75, 3.05) is 6.54 Å². The molecule has 1 aliphatic carbocycles. The van der Waals surface area contributed by atoms with Gasteiger partial charge in [0, 0.05) is 12.1 Å². The fourth-order valence-corrected chi connectivity index (χ4v) is 4.54. The maximum Gasteiger partial charge on any atom is 0.0991 e. The summed E-state index contributed by atoms with van der Waals surface area (Å²) in [7, 11) is 0. The number of nitrogens with zero attached hydrogens (tertiary/aromatic N) is 2. The van der Waals surface area contributed by atoms with Crippen molar-refractivity contribution in [1.29, 1.82) is 5.26 Å². The van der Waals surface area contributed by atoms with Gasteiger partial charge in [-0.15, -0.1) is 0 Å². The number of hydrogen-bond acceptors (Lipinski definition) is 2. The van der Waals surface area contributed by atoms with Crippen molar-refractivity contribution in [1.82, 2.24) is 4.90 Å². The van der Waals surface area contributed by atoms with E-state index in [9.17, 15) is 0 Å². The Hall–Kier alpha value is -2.11. The second-order valence-corrected chi connectivity index (χ2v) is 7.81. The van der Waals surface area contributed by atoms with Crippen molar-refractivity contribution >= 4 is 0 Å². The highest BCUT2D eigenvalue weighted by molar-refractivity contribution is 5.64. The Balaban J connectivity index is 1.33. The van der Waals surface area contributed by atoms with Crippen LogP contribution in [-0.2, 0) is 6.42 Å². The van der Waals surface area contributed by atoms with Crippen LogP contribution in [0.2, 0.25) is 0 Å². The summed E-state index contributed by atoms with van der Waals surface area (Å²) in [5, 5.41) is 8.90. The molecule has 2 aromatic carbocycles. The van der Waals surface area contributed by atoms with Crippen molar-refractivity contribution < 1.29 is 0 Å². The molecule has 0 radical (unpaired) electrons. The van der Waals surface area contributed by atoms with Crippen molar-refractivity contribution in [3.05, 3.63) is 59.7 Å². The quantitative estimate of drug-likeness (QED) is 0.786. The SMILES string of the molecule is C[C@@H]1CCCN1[C@H]1C[C@@H](Cc2ccc(-c3ccc(C#N)cc3)cc2)C1. The first-order chi connectivity index (χ1) is 12.2. The largest absolute Gasteiger partial charge is 0.298 e. The molecule has 0 spiro atoms. The van der Waals surface area contributed by atoms with Crippen LogP contribution in [0.25, 0.3) is 11.1 Å². The van der Waals surface area contributed by atoms with E-state index in [2.05, 4.69) is 42.2 Å². The van der Waals surface area contributed by atoms with Gasteiger partial charge in [-0.05, 0) is 80.3 Å². The van der Waals surface area contributed by atoms with Crippen molar-refractivity contribution in [3.8, 4) is 17.2 Å². The summed E-state index contributed by atoms with van der Waals surface area (Å²) in [5.41, 5.74) is 4.57. The molecule has 2 heteroatoms. The van der Waals surface area contributed by atoms with Crippen molar-refractivity contribution in [2.45, 2.75) is 51.1 Å². The number of rotatable bonds is 4. The van der Waals surface area contributed by atoms with Gasteiger partial charge in [0.25, 0.3) is 0 Å². The molecule has 2 aliphatic rings. The molecule has 25 heavy (non-hydrogen) atoms. The van der Waals surface area contributed by atoms with Gasteiger partial charge in [0.1, 0.15) is 0 Å². The fraction of sp³-hybridized carbons (Fsp3) is 0.435. The Morgan fingerprint density at radius 2 is 1.64 bits per heavy atom. The Morgan fingerprint density at radius 1 is 1.00 bits per heavy atom. The van der Waals surface area contributed by atoms with Crippen LogP contribution in [0, 0.1) is 17.2 Å². The first-order valence-corrected chi connectivity index (χ1v) is 9.58. The molecule has 1 saturated heterocycles. The Bertz CT molecular complexity index is 748. The molecule has 0 amide bonds. The molecule has 1 heterocycles. The molecule has 2 fully saturated rings. The minimum Gasteiger partial charge on any atom is -0.298 e. The summed E-state index contributed by atoms with van der Waals surface area (Å²) in [6.45, 7) is 3.71. The molecule has 2 aromatic rings. The van der Waals surface area contributed by atoms with Gasteiger partial charge >= 0.3 is 0 Å². The summed E-state index contributed by atoms with van der Waals surface area (Å²) in [6.07, 6.45) is 6.74. The van der Waals surface area contributed by atoms with Gasteiger partial charge in [0.05, 0.1) is 11.6 Å². The third kappa shape index (κ3) is 3.48. The third-order valence-electron chi connectivity index (χ3n) is 6.11. The predicted octanol–water partition coefficient (Wildman–Crippen LogP) is 5.03. The number of benzene rings is 2. The lowest BCUT2D eigenvalue weighted by Gasteiger charge is -2.43. The van der Waals surface area contributed by atoms with Crippen LogP contribution in [0.5, 0.6) is 0 Å². The second-order valence-electron chi connectivity index (χ2n) is 7.81. The number of hydrogen-bond donors (Lipinski definition) is 0. The van der Waals surface area contributed by atoms with Gasteiger partial charge in [-0.3, -0.25) is 4.90 Å². The molecule has 1 atom stereocenters. The lowest BCUT2D eigenvalue weighted by Crippen LogP contribution is -2.46. The molecule has 128 valence electrons. The van der Waals surface area contributed by atoms with Gasteiger partial charge < -0.3 is 0 Å². The van der Waals surface area contributed by atoms with Gasteiger partial charge in [0.15, 0.2) is 0 Å². The molecule has 1 saturated carbocycles. The summed E-state index contributed by atoms with van der Waals surface area (Å²) >= 11 is 0. The Labute approximate surface area is 151 Å². The minimum atomic E-state index is 0.715. The topological polar surface area (TPSA) is 27.0 Å². The zero-order chi connectivity index (χ0) is 17.2. The fourth-order valence-electron chi connectivity index (χ4n) is 4.54. The van der Waals surface area contributed by atoms with Crippen LogP contribution < -0.4 is 0 Å². The first-order valence-electron chi connectivity index (χ1n) is 9.58. The Kier molecular flexibility index (Phi) is 4.59. The maximum atomic E-state index is 8.90. The van der Waals surface area contributed by atoms with E-state index < -0.39 is 0 Å². The highest BCUT2D eigenvalue weighted by Crippen LogP contribution is 2.37. The lowest BCUT2D eigenvalue weighted by molar-refractivity contribution is 0.0732. The van der Waals surface area contributed by atoms with Gasteiger partial charge in [-0.2, -0.15) is 5.26 Å². The van der Waals surface area contributed by atoms with E-state index in [0.717, 1.165) is 18.0 Å². The zero-order valence-corrected chi connectivity index (χ0v) is 15.0. The monoisotopic (exact) mass is 330 g/mol. The number of nitriles is 1. The Morgan fingerprint density at radius 3 is 2.20 bits per heavy atom. The average Bonchev–Trinajstić information content (AvgIpc) is 3.04. The zero-order valence-electron chi connectivity index (χ0n) is 15.0. The first kappa shape index (κ1) is 16.4. The normalized spacial score (nSPS) is 26.2. The molecule has 0 N–H and O–H groups in total. The molecule has 4 rings (SSSR count). The molecular weight excluding hydrogens is 304 g/mol. The van der Waals surface area contributed by atoms with Crippen molar-refractivity contribution in [2.24, 2.45) is 5.92 Å². The minimum absolute atomic E-state index is 0.715. The van der Waals surface area contributed by atoms with Crippen LogP contribution in [0.1, 0.15) is 43.7 Å². The third-order valence-corrected chi connectivity index (χ3v) is 6.11. The molecule has 0 aromatic heterocycles. The van der Waals surface area contributed by atoms with Crippen LogP contribution >= 0.6 is 0 Å². The van der Waals surface area contributed by atoms with Crippen LogP contribution in [0.3, 0.4) is 0 Å². The van der Waals surface area contributed by atoms with E-state index in [1.165, 1.54) is 55.3 Å². The van der Waals surface area contributed by atoms with Crippen molar-refractivity contribution in [3.63, 3.8) is 0 Å². The van der Waals surface area contributed by atoms with E-state index in [-0.39, 0.29) is 0 Å². The predicted molar refractivity (Wildman–Crippen MR) is 102 cm³/mol. The molecule has 1 aliphatic heterocycles. The molecule has 0 bridgehead atoms. The highest BCUT2D eigenvalue weighted by atomic mass is 15.2. The second kappa shape index (κ2) is 7.02. The van der Waals surface area contributed by atoms with Gasteiger partial charge in [0.2, 0.25) is 0 Å². The standard InChI is InChI=1S/C23H26N2/c1-17-3-2-12-25(17)23-14-20(15-23)13-18-4-8-21(9-5-18)22-10-6-19(16-24)7-11-22/h4-11,17,20,23H,2-3,12-15H2,1H3/t17-,20-,23+/m1/s1. The van der Waals surface area contributed by atoms with E-state index in [1.807, 2.05) is 24.3 Å². The highest BCUT2D eigenvalue weighted by Gasteiger charge is 2.37. The van der Waals surface area contributed by atoms with E-state index in [4.69, 9.17) is 5.26 Å². The summed E-state index contributed by atoms with van der Waals surface area (Å²) in [4.78, 5) is 2.74. The van der Waals surface area contributed by atoms with E-state index in [1.54, 1.807) is 0 Å². The maximum absolute atomic E-state index is 8.90. The van der Waals surface area contributed by atoms with Gasteiger partial charge in [-0.25, -0.2) is 0 Å². The number of likely N-dealkylation sites (tertiary alicyclic amines) is 1. The average molecular weight is 330 g/mol. The lowest BCUT2D eigenvalue weighted by atomic mass is 9.75. The van der Waals surface area contributed by atoms with Crippen LogP contribution in [0.15, 0.2) is 48.5 Å². The summed E-state index contributed by atoms with van der Waals surface area (Å²) in [6, 6.07) is 20.6. The summed E-state index contributed by atoms with van der Waals surface area (Å²) in [5.74, 6) is 0.860. The van der Waals surface area contributed by atoms with E-state index >= 15 is 0 Å². The van der Waals surface area contributed by atoms with Crippen LogP contribution in [-0.4, -0.2) is 23.5 Å². The van der Waals surface area contributed by atoms with Gasteiger partial charge in [-0.1, -0.05) is 36.4 Å². The molecule has 2 nitrogen and oxygen atoms in total.